The van der Waals surface area contributed by atoms with E-state index in [1.807, 2.05) is 42.2 Å². The molecule has 0 saturated carbocycles. The molecule has 1 saturated heterocycles. The van der Waals surface area contributed by atoms with Crippen molar-refractivity contribution >= 4 is 11.8 Å². The molecule has 1 unspecified atom stereocenters. The van der Waals surface area contributed by atoms with Crippen LogP contribution in [0.1, 0.15) is 48.1 Å². The van der Waals surface area contributed by atoms with Crippen LogP contribution in [0.4, 0.5) is 0 Å². The summed E-state index contributed by atoms with van der Waals surface area (Å²) in [5, 5.41) is 0. The standard InChI is InChI=1S/C23H26N2O4/c1-17(18-7-3-2-4-8-18)25(14-11-22(26)24-12-5-6-13-24)23(27)19-9-10-20-21(15-19)29-16-28-20/h2-4,7-10,15,17H,5-6,11-14,16H2,1H3. The third-order valence-electron chi connectivity index (χ3n) is 5.66. The molecule has 0 aliphatic carbocycles. The summed E-state index contributed by atoms with van der Waals surface area (Å²) < 4.78 is 10.8. The van der Waals surface area contributed by atoms with Gasteiger partial charge in [0.25, 0.3) is 5.91 Å². The molecule has 0 radical (unpaired) electrons. The minimum atomic E-state index is -0.152. The van der Waals surface area contributed by atoms with E-state index in [0.29, 0.717) is 30.0 Å². The predicted molar refractivity (Wildman–Crippen MR) is 109 cm³/mol. The lowest BCUT2D eigenvalue weighted by Crippen LogP contribution is -2.37. The first-order chi connectivity index (χ1) is 14.1. The number of fused-ring (bicyclic) bond motifs is 1. The van der Waals surface area contributed by atoms with Crippen LogP contribution in [0.5, 0.6) is 11.5 Å². The second-order valence-corrected chi connectivity index (χ2v) is 7.49. The summed E-state index contributed by atoms with van der Waals surface area (Å²) in [5.74, 6) is 1.23. The lowest BCUT2D eigenvalue weighted by molar-refractivity contribution is -0.130. The maximum absolute atomic E-state index is 13.4. The van der Waals surface area contributed by atoms with E-state index in [-0.39, 0.29) is 24.6 Å². The van der Waals surface area contributed by atoms with E-state index < -0.39 is 0 Å². The molecule has 0 aromatic heterocycles. The van der Waals surface area contributed by atoms with Gasteiger partial charge in [0.1, 0.15) is 0 Å². The third-order valence-corrected chi connectivity index (χ3v) is 5.66. The highest BCUT2D eigenvalue weighted by Crippen LogP contribution is 2.33. The average Bonchev–Trinajstić information content (AvgIpc) is 3.45. The quantitative estimate of drug-likeness (QED) is 0.751. The Morgan fingerprint density at radius 1 is 1.03 bits per heavy atom. The minimum absolute atomic E-state index is 0.117. The van der Waals surface area contributed by atoms with E-state index in [9.17, 15) is 9.59 Å². The van der Waals surface area contributed by atoms with E-state index in [1.54, 1.807) is 23.1 Å². The van der Waals surface area contributed by atoms with Crippen LogP contribution in [-0.4, -0.2) is 48.0 Å². The number of carbonyl (C=O) groups excluding carboxylic acids is 2. The van der Waals surface area contributed by atoms with Crippen molar-refractivity contribution in [2.45, 2.75) is 32.2 Å². The largest absolute Gasteiger partial charge is 0.454 e. The molecule has 6 nitrogen and oxygen atoms in total. The Morgan fingerprint density at radius 3 is 2.52 bits per heavy atom. The fraction of sp³-hybridized carbons (Fsp3) is 0.391. The summed E-state index contributed by atoms with van der Waals surface area (Å²) in [7, 11) is 0. The Kier molecular flexibility index (Phi) is 5.69. The van der Waals surface area contributed by atoms with Gasteiger partial charge in [0.05, 0.1) is 6.04 Å². The number of hydrogen-bond donors (Lipinski definition) is 0. The fourth-order valence-corrected chi connectivity index (χ4v) is 3.92. The van der Waals surface area contributed by atoms with Crippen molar-refractivity contribution < 1.29 is 19.1 Å². The molecule has 1 atom stereocenters. The molecule has 2 amide bonds. The van der Waals surface area contributed by atoms with E-state index in [1.165, 1.54) is 0 Å². The van der Waals surface area contributed by atoms with Gasteiger partial charge >= 0.3 is 0 Å². The number of rotatable bonds is 6. The molecule has 4 rings (SSSR count). The molecule has 0 N–H and O–H groups in total. The van der Waals surface area contributed by atoms with Gasteiger partial charge in [0, 0.05) is 31.6 Å². The first-order valence-corrected chi connectivity index (χ1v) is 10.2. The van der Waals surface area contributed by atoms with E-state index in [0.717, 1.165) is 31.5 Å². The zero-order chi connectivity index (χ0) is 20.2. The number of ether oxygens (including phenoxy) is 2. The van der Waals surface area contributed by atoms with Gasteiger partial charge in [-0.3, -0.25) is 9.59 Å². The maximum atomic E-state index is 13.4. The summed E-state index contributed by atoms with van der Waals surface area (Å²) in [6.45, 7) is 4.19. The van der Waals surface area contributed by atoms with Crippen LogP contribution < -0.4 is 9.47 Å². The number of benzene rings is 2. The normalized spacial score (nSPS) is 16.0. The van der Waals surface area contributed by atoms with E-state index in [2.05, 4.69) is 0 Å². The highest BCUT2D eigenvalue weighted by atomic mass is 16.7. The van der Waals surface area contributed by atoms with Gasteiger partial charge in [-0.05, 0) is 43.5 Å². The van der Waals surface area contributed by atoms with E-state index in [4.69, 9.17) is 9.47 Å². The van der Waals surface area contributed by atoms with Crippen molar-refractivity contribution in [2.24, 2.45) is 0 Å². The molecule has 2 aromatic carbocycles. The smallest absolute Gasteiger partial charge is 0.254 e. The fourth-order valence-electron chi connectivity index (χ4n) is 3.92. The Bertz CT molecular complexity index is 878. The summed E-state index contributed by atoms with van der Waals surface area (Å²) in [6.07, 6.45) is 2.45. The van der Waals surface area contributed by atoms with Crippen molar-refractivity contribution in [3.05, 3.63) is 59.7 Å². The Balaban J connectivity index is 1.55. The predicted octanol–water partition coefficient (Wildman–Crippen LogP) is 3.63. The Hall–Kier alpha value is -3.02. The highest BCUT2D eigenvalue weighted by molar-refractivity contribution is 5.95. The molecule has 0 bridgehead atoms. The second kappa shape index (κ2) is 8.55. The zero-order valence-corrected chi connectivity index (χ0v) is 16.7. The molecular formula is C23H26N2O4. The van der Waals surface area contributed by atoms with Crippen molar-refractivity contribution in [3.63, 3.8) is 0 Å². The molecule has 29 heavy (non-hydrogen) atoms. The summed E-state index contributed by atoms with van der Waals surface area (Å²) in [5.41, 5.74) is 1.57. The van der Waals surface area contributed by atoms with Crippen LogP contribution in [0.25, 0.3) is 0 Å². The number of nitrogens with zero attached hydrogens (tertiary/aromatic N) is 2. The topological polar surface area (TPSA) is 59.1 Å². The number of carbonyl (C=O) groups is 2. The molecular weight excluding hydrogens is 368 g/mol. The van der Waals surface area contributed by atoms with Crippen LogP contribution >= 0.6 is 0 Å². The molecule has 6 heteroatoms. The molecule has 2 aliphatic rings. The summed E-state index contributed by atoms with van der Waals surface area (Å²) in [4.78, 5) is 29.6. The molecule has 2 aromatic rings. The SMILES string of the molecule is CC(c1ccccc1)N(CCC(=O)N1CCCC1)C(=O)c1ccc2c(c1)OCO2. The van der Waals surface area contributed by atoms with Crippen LogP contribution in [0, 0.1) is 0 Å². The minimum Gasteiger partial charge on any atom is -0.454 e. The van der Waals surface area contributed by atoms with Crippen molar-refractivity contribution in [2.75, 3.05) is 26.4 Å². The summed E-state index contributed by atoms with van der Waals surface area (Å²) >= 11 is 0. The van der Waals surface area contributed by atoms with Crippen molar-refractivity contribution in [3.8, 4) is 11.5 Å². The second-order valence-electron chi connectivity index (χ2n) is 7.49. The first kappa shape index (κ1) is 19.3. The van der Waals surface area contributed by atoms with Gasteiger partial charge in [-0.1, -0.05) is 30.3 Å². The highest BCUT2D eigenvalue weighted by Gasteiger charge is 2.26. The van der Waals surface area contributed by atoms with Crippen LogP contribution in [0.3, 0.4) is 0 Å². The van der Waals surface area contributed by atoms with Crippen molar-refractivity contribution in [1.29, 1.82) is 0 Å². The first-order valence-electron chi connectivity index (χ1n) is 10.2. The number of amides is 2. The van der Waals surface area contributed by atoms with Crippen LogP contribution in [-0.2, 0) is 4.79 Å². The molecule has 0 spiro atoms. The van der Waals surface area contributed by atoms with Crippen LogP contribution in [0.15, 0.2) is 48.5 Å². The summed E-state index contributed by atoms with van der Waals surface area (Å²) in [6, 6.07) is 15.0. The Labute approximate surface area is 171 Å². The number of likely N-dealkylation sites (tertiary alicyclic amines) is 1. The lowest BCUT2D eigenvalue weighted by atomic mass is 10.0. The Morgan fingerprint density at radius 2 is 1.76 bits per heavy atom. The zero-order valence-electron chi connectivity index (χ0n) is 16.7. The van der Waals surface area contributed by atoms with Gasteiger partial charge in [-0.25, -0.2) is 0 Å². The molecule has 1 fully saturated rings. The lowest BCUT2D eigenvalue weighted by Gasteiger charge is -2.30. The van der Waals surface area contributed by atoms with Crippen molar-refractivity contribution in [1.82, 2.24) is 9.80 Å². The van der Waals surface area contributed by atoms with Gasteiger partial charge in [0.15, 0.2) is 11.5 Å². The molecule has 2 heterocycles. The average molecular weight is 394 g/mol. The van der Waals surface area contributed by atoms with Gasteiger partial charge in [-0.15, -0.1) is 0 Å². The van der Waals surface area contributed by atoms with Gasteiger partial charge < -0.3 is 19.3 Å². The monoisotopic (exact) mass is 394 g/mol. The van der Waals surface area contributed by atoms with Crippen LogP contribution in [0.2, 0.25) is 0 Å². The third kappa shape index (κ3) is 4.21. The molecule has 2 aliphatic heterocycles. The number of hydrogen-bond acceptors (Lipinski definition) is 4. The van der Waals surface area contributed by atoms with E-state index >= 15 is 0 Å². The van der Waals surface area contributed by atoms with Gasteiger partial charge in [-0.2, -0.15) is 0 Å². The van der Waals surface area contributed by atoms with Gasteiger partial charge in [0.2, 0.25) is 12.7 Å². The molecule has 152 valence electrons. The maximum Gasteiger partial charge on any atom is 0.254 e.